The van der Waals surface area contributed by atoms with Crippen molar-refractivity contribution in [3.05, 3.63) is 29.8 Å². The Hall–Kier alpha value is -1.19. The zero-order valence-corrected chi connectivity index (χ0v) is 13.0. The molecule has 0 amide bonds. The Morgan fingerprint density at radius 3 is 2.10 bits per heavy atom. The Morgan fingerprint density at radius 2 is 1.57 bits per heavy atom. The average Bonchev–Trinajstić information content (AvgIpc) is 2.35. The third-order valence-corrected chi connectivity index (χ3v) is 3.56. The second-order valence-corrected chi connectivity index (χ2v) is 6.16. The summed E-state index contributed by atoms with van der Waals surface area (Å²) in [4.78, 5) is 0. The van der Waals surface area contributed by atoms with Gasteiger partial charge in [-0.25, -0.2) is 0 Å². The predicted molar refractivity (Wildman–Crippen MR) is 79.3 cm³/mol. The monoisotopic (exact) mass is 302 g/mol. The maximum atomic E-state index is 12.0. The fourth-order valence-corrected chi connectivity index (χ4v) is 2.29. The SMILES string of the molecule is CC(C)CCCC(C)CCc1ccc(OC(F)(F)F)cc1. The minimum absolute atomic E-state index is 0.156. The molecule has 0 aliphatic rings. The number of hydrogen-bond donors (Lipinski definition) is 0. The molecule has 0 fully saturated rings. The Bertz CT molecular complexity index is 395. The molecule has 0 bridgehead atoms. The van der Waals surface area contributed by atoms with Gasteiger partial charge in [0.2, 0.25) is 0 Å². The number of rotatable bonds is 8. The Morgan fingerprint density at radius 1 is 0.952 bits per heavy atom. The smallest absolute Gasteiger partial charge is 0.406 e. The fraction of sp³-hybridized carbons (Fsp3) is 0.647. The van der Waals surface area contributed by atoms with Crippen LogP contribution in [0.15, 0.2) is 24.3 Å². The van der Waals surface area contributed by atoms with Crippen molar-refractivity contribution in [2.75, 3.05) is 0 Å². The van der Waals surface area contributed by atoms with E-state index >= 15 is 0 Å². The lowest BCUT2D eigenvalue weighted by Crippen LogP contribution is -2.17. The van der Waals surface area contributed by atoms with E-state index in [1.165, 1.54) is 31.4 Å². The van der Waals surface area contributed by atoms with Gasteiger partial charge in [0, 0.05) is 0 Å². The van der Waals surface area contributed by atoms with Crippen LogP contribution >= 0.6 is 0 Å². The van der Waals surface area contributed by atoms with Gasteiger partial charge >= 0.3 is 6.36 Å². The first kappa shape index (κ1) is 17.9. The molecule has 0 N–H and O–H groups in total. The highest BCUT2D eigenvalue weighted by Gasteiger charge is 2.30. The van der Waals surface area contributed by atoms with Crippen LogP contribution in [0.2, 0.25) is 0 Å². The van der Waals surface area contributed by atoms with Gasteiger partial charge < -0.3 is 4.74 Å². The first-order valence-corrected chi connectivity index (χ1v) is 7.61. The Labute approximate surface area is 125 Å². The highest BCUT2D eigenvalue weighted by Crippen LogP contribution is 2.24. The molecule has 0 saturated heterocycles. The maximum absolute atomic E-state index is 12.0. The standard InChI is InChI=1S/C17H25F3O/c1-13(2)5-4-6-14(3)7-8-15-9-11-16(12-10-15)21-17(18,19)20/h9-14H,4-8H2,1-3H3. The number of benzene rings is 1. The van der Waals surface area contributed by atoms with Crippen molar-refractivity contribution in [1.82, 2.24) is 0 Å². The Kier molecular flexibility index (Phi) is 7.06. The molecule has 0 aliphatic heterocycles. The highest BCUT2D eigenvalue weighted by molar-refractivity contribution is 5.27. The van der Waals surface area contributed by atoms with Crippen LogP contribution in [0.25, 0.3) is 0 Å². The molecule has 0 aromatic heterocycles. The van der Waals surface area contributed by atoms with Gasteiger partial charge in [0.1, 0.15) is 5.75 Å². The molecule has 0 radical (unpaired) electrons. The van der Waals surface area contributed by atoms with Crippen LogP contribution in [0.4, 0.5) is 13.2 Å². The number of alkyl halides is 3. The van der Waals surface area contributed by atoms with Crippen LogP contribution in [-0.4, -0.2) is 6.36 Å². The van der Waals surface area contributed by atoms with Crippen molar-refractivity contribution in [3.63, 3.8) is 0 Å². The summed E-state index contributed by atoms with van der Waals surface area (Å²) >= 11 is 0. The van der Waals surface area contributed by atoms with Crippen LogP contribution in [-0.2, 0) is 6.42 Å². The van der Waals surface area contributed by atoms with Gasteiger partial charge in [0.15, 0.2) is 0 Å². The van der Waals surface area contributed by atoms with E-state index in [1.807, 2.05) is 0 Å². The highest BCUT2D eigenvalue weighted by atomic mass is 19.4. The number of hydrogen-bond acceptors (Lipinski definition) is 1. The summed E-state index contributed by atoms with van der Waals surface area (Å²) in [5, 5.41) is 0. The summed E-state index contributed by atoms with van der Waals surface area (Å²) in [7, 11) is 0. The normalized spacial score (nSPS) is 13.5. The molecular weight excluding hydrogens is 277 g/mol. The van der Waals surface area contributed by atoms with Gasteiger partial charge in [-0.3, -0.25) is 0 Å². The van der Waals surface area contributed by atoms with Crippen LogP contribution in [0, 0.1) is 11.8 Å². The minimum atomic E-state index is -4.62. The van der Waals surface area contributed by atoms with E-state index in [1.54, 1.807) is 12.1 Å². The number of ether oxygens (including phenoxy) is 1. The topological polar surface area (TPSA) is 9.23 Å². The molecular formula is C17H25F3O. The molecule has 0 spiro atoms. The van der Waals surface area contributed by atoms with Crippen molar-refractivity contribution in [1.29, 1.82) is 0 Å². The van der Waals surface area contributed by atoms with E-state index in [0.29, 0.717) is 5.92 Å². The average molecular weight is 302 g/mol. The first-order valence-electron chi connectivity index (χ1n) is 7.61. The van der Waals surface area contributed by atoms with E-state index in [-0.39, 0.29) is 5.75 Å². The largest absolute Gasteiger partial charge is 0.573 e. The number of halogens is 3. The molecule has 120 valence electrons. The zero-order chi connectivity index (χ0) is 15.9. The fourth-order valence-electron chi connectivity index (χ4n) is 2.29. The third-order valence-electron chi connectivity index (χ3n) is 3.56. The molecule has 1 unspecified atom stereocenters. The van der Waals surface area contributed by atoms with E-state index in [9.17, 15) is 13.2 Å². The van der Waals surface area contributed by atoms with E-state index in [2.05, 4.69) is 25.5 Å². The predicted octanol–water partition coefficient (Wildman–Crippen LogP) is 5.98. The summed E-state index contributed by atoms with van der Waals surface area (Å²) in [6.07, 6.45) is 1.07. The van der Waals surface area contributed by atoms with E-state index in [4.69, 9.17) is 0 Å². The molecule has 4 heteroatoms. The summed E-state index contributed by atoms with van der Waals surface area (Å²) < 4.78 is 40.0. The molecule has 1 aromatic carbocycles. The molecule has 0 heterocycles. The van der Waals surface area contributed by atoms with Crippen LogP contribution in [0.5, 0.6) is 5.75 Å². The van der Waals surface area contributed by atoms with Crippen molar-refractivity contribution >= 4 is 0 Å². The molecule has 1 aromatic rings. The van der Waals surface area contributed by atoms with E-state index in [0.717, 1.165) is 24.3 Å². The van der Waals surface area contributed by atoms with Crippen molar-refractivity contribution < 1.29 is 17.9 Å². The maximum Gasteiger partial charge on any atom is 0.573 e. The van der Waals surface area contributed by atoms with Gasteiger partial charge in [0.05, 0.1) is 0 Å². The summed E-state index contributed by atoms with van der Waals surface area (Å²) in [5.74, 6) is 1.24. The second kappa shape index (κ2) is 8.30. The molecule has 1 rings (SSSR count). The van der Waals surface area contributed by atoms with Gasteiger partial charge in [0.25, 0.3) is 0 Å². The first-order chi connectivity index (χ1) is 9.76. The summed E-state index contributed by atoms with van der Waals surface area (Å²) in [5.41, 5.74) is 1.06. The Balaban J connectivity index is 2.32. The quantitative estimate of drug-likeness (QED) is 0.574. The van der Waals surface area contributed by atoms with E-state index < -0.39 is 6.36 Å². The lowest BCUT2D eigenvalue weighted by Gasteiger charge is -2.13. The van der Waals surface area contributed by atoms with Gasteiger partial charge in [-0.15, -0.1) is 13.2 Å². The second-order valence-electron chi connectivity index (χ2n) is 6.16. The summed E-state index contributed by atoms with van der Waals surface area (Å²) in [6, 6.07) is 6.18. The molecule has 0 aliphatic carbocycles. The van der Waals surface area contributed by atoms with Gasteiger partial charge in [-0.2, -0.15) is 0 Å². The van der Waals surface area contributed by atoms with Crippen LogP contribution in [0.1, 0.15) is 52.0 Å². The van der Waals surface area contributed by atoms with Crippen LogP contribution in [0.3, 0.4) is 0 Å². The zero-order valence-electron chi connectivity index (χ0n) is 13.0. The molecule has 21 heavy (non-hydrogen) atoms. The summed E-state index contributed by atoms with van der Waals surface area (Å²) in [6.45, 7) is 6.70. The third kappa shape index (κ3) is 8.64. The minimum Gasteiger partial charge on any atom is -0.406 e. The van der Waals surface area contributed by atoms with Gasteiger partial charge in [-0.05, 0) is 42.4 Å². The molecule has 1 atom stereocenters. The lowest BCUT2D eigenvalue weighted by atomic mass is 9.94. The van der Waals surface area contributed by atoms with Crippen molar-refractivity contribution in [2.45, 2.75) is 59.2 Å². The van der Waals surface area contributed by atoms with Crippen molar-refractivity contribution in [2.24, 2.45) is 11.8 Å². The number of aryl methyl sites for hydroxylation is 1. The molecule has 1 nitrogen and oxygen atoms in total. The molecule has 0 saturated carbocycles. The lowest BCUT2D eigenvalue weighted by molar-refractivity contribution is -0.274. The van der Waals surface area contributed by atoms with Gasteiger partial charge in [-0.1, -0.05) is 52.2 Å². The van der Waals surface area contributed by atoms with Crippen LogP contribution < -0.4 is 4.74 Å². The van der Waals surface area contributed by atoms with Crippen molar-refractivity contribution in [3.8, 4) is 5.75 Å².